The Kier molecular flexibility index (Phi) is 6.84. The molecule has 0 spiro atoms. The minimum absolute atomic E-state index is 0.0429. The van der Waals surface area contributed by atoms with Crippen molar-refractivity contribution in [2.24, 2.45) is 0 Å². The molecule has 1 amide bonds. The zero-order valence-corrected chi connectivity index (χ0v) is 16.8. The van der Waals surface area contributed by atoms with Crippen LogP contribution < -0.4 is 5.32 Å². The first-order valence-electron chi connectivity index (χ1n) is 9.35. The highest BCUT2D eigenvalue weighted by Crippen LogP contribution is 2.16. The first-order chi connectivity index (χ1) is 15.7. The molecular weight excluding hydrogens is 434 g/mol. The third-order valence-electron chi connectivity index (χ3n) is 4.43. The molecule has 0 aliphatic rings. The molecule has 0 aliphatic carbocycles. The third-order valence-corrected chi connectivity index (χ3v) is 4.43. The van der Waals surface area contributed by atoms with Crippen molar-refractivity contribution in [3.05, 3.63) is 110 Å². The van der Waals surface area contributed by atoms with Gasteiger partial charge in [-0.3, -0.25) is 29.8 Å². The SMILES string of the molecule is O=C(COC(=O)c1ccc(NC(=O)c2ccc([N+](=O)[O-])cc2)cc1)c1cccc([N+](=O)[O-])c1. The van der Waals surface area contributed by atoms with E-state index < -0.39 is 34.1 Å². The van der Waals surface area contributed by atoms with Crippen molar-refractivity contribution in [2.45, 2.75) is 0 Å². The highest BCUT2D eigenvalue weighted by atomic mass is 16.6. The summed E-state index contributed by atoms with van der Waals surface area (Å²) < 4.78 is 4.96. The largest absolute Gasteiger partial charge is 0.454 e. The van der Waals surface area contributed by atoms with Crippen LogP contribution in [0.3, 0.4) is 0 Å². The summed E-state index contributed by atoms with van der Waals surface area (Å²) in [7, 11) is 0. The molecule has 0 saturated heterocycles. The molecule has 0 atom stereocenters. The van der Waals surface area contributed by atoms with Crippen LogP contribution >= 0.6 is 0 Å². The molecule has 33 heavy (non-hydrogen) atoms. The van der Waals surface area contributed by atoms with Crippen molar-refractivity contribution in [1.29, 1.82) is 0 Å². The Morgan fingerprint density at radius 3 is 1.97 bits per heavy atom. The van der Waals surface area contributed by atoms with Gasteiger partial charge in [0.1, 0.15) is 0 Å². The minimum atomic E-state index is -0.790. The smallest absolute Gasteiger partial charge is 0.338 e. The van der Waals surface area contributed by atoms with Gasteiger partial charge in [-0.1, -0.05) is 12.1 Å². The van der Waals surface area contributed by atoms with Crippen molar-refractivity contribution >= 4 is 34.7 Å². The van der Waals surface area contributed by atoms with Gasteiger partial charge in [-0.05, 0) is 36.4 Å². The van der Waals surface area contributed by atoms with E-state index in [1.807, 2.05) is 0 Å². The van der Waals surface area contributed by atoms with E-state index in [2.05, 4.69) is 5.32 Å². The lowest BCUT2D eigenvalue weighted by Gasteiger charge is -2.07. The number of carbonyl (C=O) groups is 3. The summed E-state index contributed by atoms with van der Waals surface area (Å²) in [5, 5.41) is 24.1. The minimum Gasteiger partial charge on any atom is -0.454 e. The number of anilines is 1. The van der Waals surface area contributed by atoms with Crippen LogP contribution in [-0.4, -0.2) is 34.1 Å². The van der Waals surface area contributed by atoms with Crippen molar-refractivity contribution in [2.75, 3.05) is 11.9 Å². The van der Waals surface area contributed by atoms with Gasteiger partial charge in [-0.2, -0.15) is 0 Å². The van der Waals surface area contributed by atoms with Crippen molar-refractivity contribution in [3.63, 3.8) is 0 Å². The Morgan fingerprint density at radius 1 is 0.758 bits per heavy atom. The number of non-ortho nitro benzene ring substituents is 2. The lowest BCUT2D eigenvalue weighted by Crippen LogP contribution is -2.15. The van der Waals surface area contributed by atoms with E-state index in [9.17, 15) is 34.6 Å². The van der Waals surface area contributed by atoms with Crippen LogP contribution in [0, 0.1) is 20.2 Å². The van der Waals surface area contributed by atoms with E-state index in [0.717, 1.165) is 6.07 Å². The molecule has 0 fully saturated rings. The summed E-state index contributed by atoms with van der Waals surface area (Å²) in [5.74, 6) is -1.89. The number of hydrogen-bond acceptors (Lipinski definition) is 8. The van der Waals surface area contributed by atoms with Crippen molar-refractivity contribution in [3.8, 4) is 0 Å². The fourth-order valence-corrected chi connectivity index (χ4v) is 2.72. The van der Waals surface area contributed by atoms with Gasteiger partial charge in [0.15, 0.2) is 6.61 Å². The van der Waals surface area contributed by atoms with Gasteiger partial charge in [0.2, 0.25) is 5.78 Å². The molecule has 0 aliphatic heterocycles. The Balaban J connectivity index is 1.57. The number of hydrogen-bond donors (Lipinski definition) is 1. The number of nitro groups is 2. The average Bonchev–Trinajstić information content (AvgIpc) is 2.82. The third kappa shape index (κ3) is 5.82. The second kappa shape index (κ2) is 9.92. The zero-order chi connectivity index (χ0) is 24.0. The molecular formula is C22H15N3O8. The quantitative estimate of drug-likeness (QED) is 0.235. The van der Waals surface area contributed by atoms with E-state index in [1.165, 1.54) is 66.7 Å². The highest BCUT2D eigenvalue weighted by Gasteiger charge is 2.15. The topological polar surface area (TPSA) is 159 Å². The van der Waals surface area contributed by atoms with Crippen LogP contribution in [0.5, 0.6) is 0 Å². The molecule has 0 unspecified atom stereocenters. The van der Waals surface area contributed by atoms with Crippen LogP contribution in [0.15, 0.2) is 72.8 Å². The van der Waals surface area contributed by atoms with Crippen molar-refractivity contribution < 1.29 is 29.0 Å². The number of amides is 1. The number of rotatable bonds is 8. The zero-order valence-electron chi connectivity index (χ0n) is 16.8. The lowest BCUT2D eigenvalue weighted by atomic mass is 10.1. The molecule has 3 rings (SSSR count). The fourth-order valence-electron chi connectivity index (χ4n) is 2.72. The molecule has 1 N–H and O–H groups in total. The predicted molar refractivity (Wildman–Crippen MR) is 115 cm³/mol. The summed E-state index contributed by atoms with van der Waals surface area (Å²) in [5.41, 5.74) is 0.347. The molecule has 11 nitrogen and oxygen atoms in total. The Morgan fingerprint density at radius 2 is 1.36 bits per heavy atom. The van der Waals surface area contributed by atoms with Gasteiger partial charge < -0.3 is 10.1 Å². The predicted octanol–water partition coefficient (Wildman–Crippen LogP) is 3.80. The van der Waals surface area contributed by atoms with E-state index in [0.29, 0.717) is 5.69 Å². The van der Waals surface area contributed by atoms with Gasteiger partial charge in [-0.15, -0.1) is 0 Å². The van der Waals surface area contributed by atoms with E-state index in [1.54, 1.807) is 0 Å². The van der Waals surface area contributed by atoms with Crippen LogP contribution in [0.4, 0.5) is 17.1 Å². The molecule has 0 bridgehead atoms. The summed E-state index contributed by atoms with van der Waals surface area (Å²) in [6, 6.07) is 15.8. The van der Waals surface area contributed by atoms with Gasteiger partial charge in [0, 0.05) is 41.1 Å². The fraction of sp³-hybridized carbons (Fsp3) is 0.0455. The lowest BCUT2D eigenvalue weighted by molar-refractivity contribution is -0.385. The Hall–Kier alpha value is -4.93. The number of ether oxygens (including phenoxy) is 1. The number of Topliss-reactive ketones (excluding diaryl/α,β-unsaturated/α-hetero) is 1. The van der Waals surface area contributed by atoms with Crippen LogP contribution in [0.1, 0.15) is 31.1 Å². The molecule has 3 aromatic rings. The molecule has 0 saturated carbocycles. The van der Waals surface area contributed by atoms with Crippen molar-refractivity contribution in [1.82, 2.24) is 0 Å². The van der Waals surface area contributed by atoms with Gasteiger partial charge in [0.05, 0.1) is 15.4 Å². The number of nitrogens with one attached hydrogen (secondary N) is 1. The van der Waals surface area contributed by atoms with E-state index in [4.69, 9.17) is 4.74 Å². The van der Waals surface area contributed by atoms with Crippen LogP contribution in [0.25, 0.3) is 0 Å². The normalized spacial score (nSPS) is 10.2. The number of carbonyl (C=O) groups excluding carboxylic acids is 3. The first kappa shape index (κ1) is 22.7. The standard InChI is InChI=1S/C22H15N3O8/c26-20(16-2-1-3-19(12-16)25(31)32)13-33-22(28)15-4-8-17(9-5-15)23-21(27)14-6-10-18(11-7-14)24(29)30/h1-12H,13H2,(H,23,27). The Bertz CT molecular complexity index is 1240. The number of esters is 1. The number of nitrogens with zero attached hydrogens (tertiary/aromatic N) is 2. The van der Waals surface area contributed by atoms with Crippen LogP contribution in [-0.2, 0) is 4.74 Å². The number of nitro benzene ring substituents is 2. The second-order valence-electron chi connectivity index (χ2n) is 6.64. The molecule has 166 valence electrons. The monoisotopic (exact) mass is 449 g/mol. The summed E-state index contributed by atoms with van der Waals surface area (Å²) in [6.07, 6.45) is 0. The summed E-state index contributed by atoms with van der Waals surface area (Å²) in [4.78, 5) is 56.8. The van der Waals surface area contributed by atoms with E-state index in [-0.39, 0.29) is 28.1 Å². The molecule has 11 heteroatoms. The average molecular weight is 449 g/mol. The second-order valence-corrected chi connectivity index (χ2v) is 6.64. The maximum Gasteiger partial charge on any atom is 0.338 e. The maximum absolute atomic E-state index is 12.2. The molecule has 0 heterocycles. The number of ketones is 1. The van der Waals surface area contributed by atoms with E-state index >= 15 is 0 Å². The van der Waals surface area contributed by atoms with Gasteiger partial charge in [-0.25, -0.2) is 4.79 Å². The molecule has 0 radical (unpaired) electrons. The molecule has 3 aromatic carbocycles. The van der Waals surface area contributed by atoms with Gasteiger partial charge in [0.25, 0.3) is 17.3 Å². The maximum atomic E-state index is 12.2. The summed E-state index contributed by atoms with van der Waals surface area (Å²) >= 11 is 0. The number of benzene rings is 3. The van der Waals surface area contributed by atoms with Crippen LogP contribution in [0.2, 0.25) is 0 Å². The first-order valence-corrected chi connectivity index (χ1v) is 9.35. The Labute approximate surface area is 185 Å². The summed E-state index contributed by atoms with van der Waals surface area (Å²) in [6.45, 7) is -0.599. The highest BCUT2D eigenvalue weighted by molar-refractivity contribution is 6.04. The molecule has 0 aromatic heterocycles. The van der Waals surface area contributed by atoms with Gasteiger partial charge >= 0.3 is 5.97 Å².